The first kappa shape index (κ1) is 23.4. The number of carbonyl (C=O) groups excluding carboxylic acids is 3. The number of likely N-dealkylation sites (N-methyl/N-ethyl adjacent to an activating group) is 1. The van der Waals surface area contributed by atoms with Gasteiger partial charge in [0, 0.05) is 6.54 Å². The van der Waals surface area contributed by atoms with Crippen molar-refractivity contribution in [1.29, 1.82) is 0 Å². The van der Waals surface area contributed by atoms with Gasteiger partial charge in [0.2, 0.25) is 5.91 Å². The largest absolute Gasteiger partial charge is 0.376 e. The number of amides is 1. The van der Waals surface area contributed by atoms with Crippen LogP contribution in [0, 0.1) is 5.92 Å². The highest BCUT2D eigenvalue weighted by Gasteiger charge is 2.24. The van der Waals surface area contributed by atoms with Gasteiger partial charge in [-0.1, -0.05) is 27.7 Å². The van der Waals surface area contributed by atoms with Gasteiger partial charge in [0.1, 0.15) is 0 Å². The summed E-state index contributed by atoms with van der Waals surface area (Å²) in [5.41, 5.74) is 5.26. The van der Waals surface area contributed by atoms with Gasteiger partial charge in [-0.2, -0.15) is 0 Å². The van der Waals surface area contributed by atoms with Crippen LogP contribution in [0.2, 0.25) is 0 Å². The van der Waals surface area contributed by atoms with E-state index in [-0.39, 0.29) is 29.5 Å². The highest BCUT2D eigenvalue weighted by atomic mass is 16.2. The average Bonchev–Trinajstić information content (AvgIpc) is 2.51. The zero-order valence-electron chi connectivity index (χ0n) is 15.2. The van der Waals surface area contributed by atoms with E-state index in [1.54, 1.807) is 7.05 Å². The Morgan fingerprint density at radius 2 is 1.78 bits per heavy atom. The van der Waals surface area contributed by atoms with Crippen LogP contribution < -0.4 is 21.7 Å². The van der Waals surface area contributed by atoms with E-state index in [0.717, 1.165) is 0 Å². The molecule has 0 aliphatic carbocycles. The van der Waals surface area contributed by atoms with Crippen molar-refractivity contribution in [3.63, 3.8) is 0 Å². The van der Waals surface area contributed by atoms with Gasteiger partial charge in [-0.25, -0.2) is 4.79 Å². The number of nitrogens with two attached hydrogens (primary N) is 1. The molecule has 0 aliphatic rings. The van der Waals surface area contributed by atoms with Gasteiger partial charge in [0.15, 0.2) is 17.5 Å². The van der Waals surface area contributed by atoms with Gasteiger partial charge in [-0.05, 0) is 32.7 Å². The molecule has 0 bridgehead atoms. The van der Waals surface area contributed by atoms with Gasteiger partial charge in [-0.15, -0.1) is 0 Å². The standard InChI is InChI=1S/C14H26N4O3.C2H6/c1-9(2)13(16-4)14(21)18-11(10(3)20)6-5-7-17-12(15)8-19;1-2/h9,11,13,16-17H,5-7,15H2,1-4H3,(H,18,21);1-2H3. The summed E-state index contributed by atoms with van der Waals surface area (Å²) in [6.07, 6.45) is 1.08. The molecule has 2 atom stereocenters. The predicted octanol–water partition coefficient (Wildman–Crippen LogP) is 0.332. The lowest BCUT2D eigenvalue weighted by atomic mass is 10.0. The topological polar surface area (TPSA) is 113 Å². The molecule has 23 heavy (non-hydrogen) atoms. The van der Waals surface area contributed by atoms with Crippen molar-refractivity contribution in [2.45, 2.75) is 59.5 Å². The van der Waals surface area contributed by atoms with Crippen LogP contribution in [-0.4, -0.2) is 43.3 Å². The third kappa shape index (κ3) is 10.5. The smallest absolute Gasteiger partial charge is 0.237 e. The number of hydrogen-bond donors (Lipinski definition) is 4. The van der Waals surface area contributed by atoms with Crippen LogP contribution in [0.3, 0.4) is 0 Å². The first-order chi connectivity index (χ1) is 10.8. The van der Waals surface area contributed by atoms with Crippen molar-refractivity contribution < 1.29 is 14.4 Å². The molecule has 7 heteroatoms. The van der Waals surface area contributed by atoms with Crippen molar-refractivity contribution in [3.05, 3.63) is 5.82 Å². The highest BCUT2D eigenvalue weighted by molar-refractivity contribution is 5.89. The quantitative estimate of drug-likeness (QED) is 0.339. The molecule has 0 radical (unpaired) electrons. The number of ketones is 1. The van der Waals surface area contributed by atoms with E-state index >= 15 is 0 Å². The van der Waals surface area contributed by atoms with Gasteiger partial charge in [0.25, 0.3) is 0 Å². The minimum atomic E-state index is -0.532. The van der Waals surface area contributed by atoms with Crippen LogP contribution >= 0.6 is 0 Å². The van der Waals surface area contributed by atoms with Crippen LogP contribution in [0.5, 0.6) is 0 Å². The summed E-state index contributed by atoms with van der Waals surface area (Å²) in [6.45, 7) is 9.76. The van der Waals surface area contributed by atoms with Crippen LogP contribution in [0.1, 0.15) is 47.5 Å². The Morgan fingerprint density at radius 1 is 1.22 bits per heavy atom. The van der Waals surface area contributed by atoms with E-state index < -0.39 is 6.04 Å². The summed E-state index contributed by atoms with van der Waals surface area (Å²) < 4.78 is 0. The second kappa shape index (κ2) is 13.8. The zero-order valence-corrected chi connectivity index (χ0v) is 15.2. The van der Waals surface area contributed by atoms with E-state index in [9.17, 15) is 14.4 Å². The fourth-order valence-electron chi connectivity index (χ4n) is 1.97. The Hall–Kier alpha value is -1.85. The van der Waals surface area contributed by atoms with Crippen molar-refractivity contribution >= 4 is 17.6 Å². The van der Waals surface area contributed by atoms with Crippen LogP contribution in [-0.2, 0) is 14.4 Å². The summed E-state index contributed by atoms with van der Waals surface area (Å²) >= 11 is 0. The summed E-state index contributed by atoms with van der Waals surface area (Å²) in [4.78, 5) is 33.9. The number of Topliss-reactive ketones (excluding diaryl/α,β-unsaturated/α-hetero) is 1. The van der Waals surface area contributed by atoms with Crippen molar-refractivity contribution in [3.8, 4) is 0 Å². The zero-order chi connectivity index (χ0) is 18.4. The normalized spacial score (nSPS) is 12.3. The van der Waals surface area contributed by atoms with Crippen LogP contribution in [0.4, 0.5) is 0 Å². The summed E-state index contributed by atoms with van der Waals surface area (Å²) in [5, 5.41) is 8.36. The molecule has 2 unspecified atom stereocenters. The number of nitrogens with one attached hydrogen (secondary N) is 3. The first-order valence-corrected chi connectivity index (χ1v) is 8.06. The van der Waals surface area contributed by atoms with Crippen LogP contribution in [0.25, 0.3) is 0 Å². The molecule has 134 valence electrons. The van der Waals surface area contributed by atoms with Crippen molar-refractivity contribution in [2.24, 2.45) is 11.7 Å². The minimum Gasteiger partial charge on any atom is -0.376 e. The molecule has 0 saturated carbocycles. The molecule has 0 rings (SSSR count). The van der Waals surface area contributed by atoms with Crippen molar-refractivity contribution in [2.75, 3.05) is 13.6 Å². The van der Waals surface area contributed by atoms with Gasteiger partial charge < -0.3 is 21.7 Å². The molecule has 7 nitrogen and oxygen atoms in total. The molecule has 1 amide bonds. The molecule has 0 aromatic carbocycles. The molecule has 0 fully saturated rings. The van der Waals surface area contributed by atoms with E-state index in [2.05, 4.69) is 16.0 Å². The molecule has 5 N–H and O–H groups in total. The van der Waals surface area contributed by atoms with E-state index in [4.69, 9.17) is 5.73 Å². The number of hydrogen-bond acceptors (Lipinski definition) is 6. The Balaban J connectivity index is 0. The Kier molecular flexibility index (Phi) is 14.0. The second-order valence-electron chi connectivity index (χ2n) is 5.27. The lowest BCUT2D eigenvalue weighted by molar-refractivity contribution is -0.129. The van der Waals surface area contributed by atoms with E-state index in [1.165, 1.54) is 12.9 Å². The Bertz CT molecular complexity index is 404. The average molecular weight is 328 g/mol. The van der Waals surface area contributed by atoms with E-state index in [0.29, 0.717) is 19.4 Å². The molecule has 0 aromatic heterocycles. The number of rotatable bonds is 10. The van der Waals surface area contributed by atoms with Crippen LogP contribution in [0.15, 0.2) is 5.82 Å². The second-order valence-corrected chi connectivity index (χ2v) is 5.27. The van der Waals surface area contributed by atoms with Gasteiger partial charge in [0.05, 0.1) is 12.1 Å². The molecule has 0 spiro atoms. The van der Waals surface area contributed by atoms with Gasteiger partial charge in [-0.3, -0.25) is 9.59 Å². The first-order valence-electron chi connectivity index (χ1n) is 8.06. The maximum Gasteiger partial charge on any atom is 0.237 e. The molecular formula is C16H32N4O3. The molecule has 0 aliphatic heterocycles. The molecule has 0 aromatic rings. The molecular weight excluding hydrogens is 296 g/mol. The predicted molar refractivity (Wildman–Crippen MR) is 92.3 cm³/mol. The fourth-order valence-corrected chi connectivity index (χ4v) is 1.97. The fraction of sp³-hybridized carbons (Fsp3) is 0.750. The molecule has 0 heterocycles. The lowest BCUT2D eigenvalue weighted by Gasteiger charge is -2.23. The summed E-state index contributed by atoms with van der Waals surface area (Å²) in [7, 11) is 1.71. The summed E-state index contributed by atoms with van der Waals surface area (Å²) in [5.74, 6) is 1.31. The Labute approximate surface area is 139 Å². The third-order valence-corrected chi connectivity index (χ3v) is 3.16. The molecule has 0 saturated heterocycles. The van der Waals surface area contributed by atoms with E-state index in [1.807, 2.05) is 27.7 Å². The monoisotopic (exact) mass is 328 g/mol. The maximum atomic E-state index is 12.1. The minimum absolute atomic E-state index is 0.0616. The lowest BCUT2D eigenvalue weighted by Crippen LogP contribution is -2.51. The number of carbonyl (C=O) groups is 2. The third-order valence-electron chi connectivity index (χ3n) is 3.16. The van der Waals surface area contributed by atoms with Gasteiger partial charge >= 0.3 is 0 Å². The maximum absolute atomic E-state index is 12.1. The SMILES string of the molecule is CC.CNC(C(=O)NC(CCCNC(N)=C=O)C(C)=O)C(C)C. The highest BCUT2D eigenvalue weighted by Crippen LogP contribution is 2.04. The Morgan fingerprint density at radius 3 is 2.17 bits per heavy atom. The summed E-state index contributed by atoms with van der Waals surface area (Å²) in [6, 6.07) is -0.867. The van der Waals surface area contributed by atoms with Crippen molar-refractivity contribution in [1.82, 2.24) is 16.0 Å².